The van der Waals surface area contributed by atoms with Gasteiger partial charge in [0.05, 0.1) is 12.2 Å². The molecular formula is C18H27N3O. The maximum Gasteiger partial charge on any atom is 0.238 e. The Labute approximate surface area is 133 Å². The van der Waals surface area contributed by atoms with Crippen LogP contribution in [0.15, 0.2) is 0 Å². The van der Waals surface area contributed by atoms with E-state index in [0.717, 1.165) is 44.5 Å². The fourth-order valence-electron chi connectivity index (χ4n) is 3.73. The van der Waals surface area contributed by atoms with Gasteiger partial charge in [-0.3, -0.25) is 14.7 Å². The van der Waals surface area contributed by atoms with Gasteiger partial charge in [0.15, 0.2) is 0 Å². The molecule has 0 spiro atoms. The van der Waals surface area contributed by atoms with Crippen molar-refractivity contribution >= 4 is 11.6 Å². The second-order valence-electron chi connectivity index (χ2n) is 6.41. The van der Waals surface area contributed by atoms with Crippen LogP contribution >= 0.6 is 0 Å². The van der Waals surface area contributed by atoms with E-state index in [1.165, 1.54) is 41.8 Å². The zero-order valence-corrected chi connectivity index (χ0v) is 13.9. The van der Waals surface area contributed by atoms with Gasteiger partial charge in [-0.25, -0.2) is 0 Å². The first kappa shape index (κ1) is 15.5. The minimum atomic E-state index is 0.122. The van der Waals surface area contributed by atoms with E-state index in [4.69, 9.17) is 4.98 Å². The summed E-state index contributed by atoms with van der Waals surface area (Å²) in [7, 11) is 0. The maximum atomic E-state index is 12.5. The van der Waals surface area contributed by atoms with Crippen LogP contribution in [0.2, 0.25) is 0 Å². The minimum Gasteiger partial charge on any atom is -0.324 e. The minimum absolute atomic E-state index is 0.122. The van der Waals surface area contributed by atoms with E-state index in [0.29, 0.717) is 6.54 Å². The Hall–Kier alpha value is -1.42. The normalized spacial score (nSPS) is 16.5. The van der Waals surface area contributed by atoms with Gasteiger partial charge in [-0.2, -0.15) is 0 Å². The van der Waals surface area contributed by atoms with Crippen LogP contribution in [0.3, 0.4) is 0 Å². The molecule has 2 aliphatic carbocycles. The third kappa shape index (κ3) is 3.02. The number of fused-ring (bicyclic) bond motifs is 2. The number of nitrogens with zero attached hydrogens (tertiary/aromatic N) is 2. The molecule has 0 atom stereocenters. The third-order valence-electron chi connectivity index (χ3n) is 5.03. The zero-order chi connectivity index (χ0) is 15.5. The van der Waals surface area contributed by atoms with Gasteiger partial charge < -0.3 is 5.32 Å². The summed E-state index contributed by atoms with van der Waals surface area (Å²) in [6.45, 7) is 6.51. The Morgan fingerprint density at radius 1 is 1.00 bits per heavy atom. The van der Waals surface area contributed by atoms with Gasteiger partial charge in [-0.1, -0.05) is 13.8 Å². The lowest BCUT2D eigenvalue weighted by Gasteiger charge is -2.23. The topological polar surface area (TPSA) is 45.2 Å². The van der Waals surface area contributed by atoms with Crippen molar-refractivity contribution in [1.82, 2.24) is 9.88 Å². The van der Waals surface area contributed by atoms with Crippen molar-refractivity contribution in [2.75, 3.05) is 25.0 Å². The molecule has 0 aliphatic heterocycles. The molecule has 1 aromatic rings. The number of carbonyl (C=O) groups is 1. The number of hydrogen-bond donors (Lipinski definition) is 1. The molecular weight excluding hydrogens is 274 g/mol. The van der Waals surface area contributed by atoms with Crippen molar-refractivity contribution in [3.05, 3.63) is 22.5 Å². The van der Waals surface area contributed by atoms with Crippen LogP contribution in [0.25, 0.3) is 0 Å². The van der Waals surface area contributed by atoms with E-state index in [1.54, 1.807) is 0 Å². The number of hydrogen-bond acceptors (Lipinski definition) is 3. The fraction of sp³-hybridized carbons (Fsp3) is 0.667. The predicted octanol–water partition coefficient (Wildman–Crippen LogP) is 2.73. The molecule has 0 saturated carbocycles. The van der Waals surface area contributed by atoms with E-state index in [1.807, 2.05) is 0 Å². The molecule has 1 amide bonds. The summed E-state index contributed by atoms with van der Waals surface area (Å²) in [6.07, 6.45) is 7.89. The molecule has 2 aliphatic rings. The van der Waals surface area contributed by atoms with Crippen LogP contribution in [0.1, 0.15) is 55.6 Å². The fourth-order valence-corrected chi connectivity index (χ4v) is 3.73. The average Bonchev–Trinajstić information content (AvgIpc) is 3.00. The molecule has 0 radical (unpaired) electrons. The molecule has 0 unspecified atom stereocenters. The SMILES string of the molecule is CCN(CC)CC(=O)Nc1c2c(nc3c1CCC3)CCCC2. The molecule has 4 heteroatoms. The second kappa shape index (κ2) is 6.78. The molecule has 0 saturated heterocycles. The highest BCUT2D eigenvalue weighted by Gasteiger charge is 2.25. The standard InChI is InChI=1S/C18H27N3O/c1-3-21(4-2)12-17(22)20-18-13-8-5-6-10-15(13)19-16-11-7-9-14(16)18/h3-12H2,1-2H3,(H,19,20,22). The Balaban J connectivity index is 1.86. The predicted molar refractivity (Wildman–Crippen MR) is 89.3 cm³/mol. The summed E-state index contributed by atoms with van der Waals surface area (Å²) in [4.78, 5) is 19.5. The number of aromatic nitrogens is 1. The van der Waals surface area contributed by atoms with Crippen LogP contribution in [0.4, 0.5) is 5.69 Å². The monoisotopic (exact) mass is 301 g/mol. The second-order valence-corrected chi connectivity index (χ2v) is 6.41. The summed E-state index contributed by atoms with van der Waals surface area (Å²) in [6, 6.07) is 0. The molecule has 0 aromatic carbocycles. The summed E-state index contributed by atoms with van der Waals surface area (Å²) in [5.74, 6) is 0.122. The quantitative estimate of drug-likeness (QED) is 0.909. The van der Waals surface area contributed by atoms with Gasteiger partial charge in [0.25, 0.3) is 0 Å². The molecule has 1 N–H and O–H groups in total. The van der Waals surface area contributed by atoms with Crippen LogP contribution in [0, 0.1) is 0 Å². The third-order valence-corrected chi connectivity index (χ3v) is 5.03. The van der Waals surface area contributed by atoms with E-state index in [2.05, 4.69) is 24.1 Å². The first-order valence-corrected chi connectivity index (χ1v) is 8.78. The van der Waals surface area contributed by atoms with E-state index >= 15 is 0 Å². The van der Waals surface area contributed by atoms with E-state index in [9.17, 15) is 4.79 Å². The van der Waals surface area contributed by atoms with Crippen molar-refractivity contribution in [3.8, 4) is 0 Å². The van der Waals surface area contributed by atoms with Crippen LogP contribution < -0.4 is 5.32 Å². The molecule has 1 aromatic heterocycles. The van der Waals surface area contributed by atoms with Gasteiger partial charge in [-0.05, 0) is 69.2 Å². The zero-order valence-electron chi connectivity index (χ0n) is 13.9. The molecule has 120 valence electrons. The van der Waals surface area contributed by atoms with E-state index in [-0.39, 0.29) is 5.91 Å². The van der Waals surface area contributed by atoms with Crippen LogP contribution in [-0.2, 0) is 30.5 Å². The summed E-state index contributed by atoms with van der Waals surface area (Å²) in [5.41, 5.74) is 6.23. The number of nitrogens with one attached hydrogen (secondary N) is 1. The lowest BCUT2D eigenvalue weighted by molar-refractivity contribution is -0.117. The largest absolute Gasteiger partial charge is 0.324 e. The number of aryl methyl sites for hydroxylation is 2. The van der Waals surface area contributed by atoms with Crippen LogP contribution in [-0.4, -0.2) is 35.4 Å². The number of amides is 1. The Kier molecular flexibility index (Phi) is 4.77. The lowest BCUT2D eigenvalue weighted by Crippen LogP contribution is -2.33. The number of anilines is 1. The van der Waals surface area contributed by atoms with Gasteiger partial charge in [-0.15, -0.1) is 0 Å². The number of likely N-dealkylation sites (N-methyl/N-ethyl adjacent to an activating group) is 1. The van der Waals surface area contributed by atoms with Crippen molar-refractivity contribution in [2.24, 2.45) is 0 Å². The summed E-state index contributed by atoms with van der Waals surface area (Å²) >= 11 is 0. The number of carbonyl (C=O) groups excluding carboxylic acids is 1. The summed E-state index contributed by atoms with van der Waals surface area (Å²) in [5, 5.41) is 3.25. The molecule has 22 heavy (non-hydrogen) atoms. The van der Waals surface area contributed by atoms with Gasteiger partial charge in [0, 0.05) is 11.4 Å². The molecule has 1 heterocycles. The Morgan fingerprint density at radius 2 is 1.59 bits per heavy atom. The highest BCUT2D eigenvalue weighted by molar-refractivity contribution is 5.94. The molecule has 4 nitrogen and oxygen atoms in total. The highest BCUT2D eigenvalue weighted by Crippen LogP contribution is 2.35. The Bertz CT molecular complexity index is 564. The first-order valence-electron chi connectivity index (χ1n) is 8.78. The van der Waals surface area contributed by atoms with Gasteiger partial charge in [0.2, 0.25) is 5.91 Å². The van der Waals surface area contributed by atoms with Crippen molar-refractivity contribution in [1.29, 1.82) is 0 Å². The lowest BCUT2D eigenvalue weighted by atomic mass is 9.92. The maximum absolute atomic E-state index is 12.5. The molecule has 0 bridgehead atoms. The van der Waals surface area contributed by atoms with Gasteiger partial charge in [0.1, 0.15) is 0 Å². The summed E-state index contributed by atoms with van der Waals surface area (Å²) < 4.78 is 0. The van der Waals surface area contributed by atoms with Crippen molar-refractivity contribution in [3.63, 3.8) is 0 Å². The Morgan fingerprint density at radius 3 is 2.27 bits per heavy atom. The van der Waals surface area contributed by atoms with Crippen LogP contribution in [0.5, 0.6) is 0 Å². The molecule has 0 fully saturated rings. The highest BCUT2D eigenvalue weighted by atomic mass is 16.2. The number of pyridine rings is 1. The van der Waals surface area contributed by atoms with Gasteiger partial charge >= 0.3 is 0 Å². The molecule has 3 rings (SSSR count). The van der Waals surface area contributed by atoms with Crippen molar-refractivity contribution < 1.29 is 4.79 Å². The smallest absolute Gasteiger partial charge is 0.238 e. The first-order chi connectivity index (χ1) is 10.7. The van der Waals surface area contributed by atoms with Crippen molar-refractivity contribution in [2.45, 2.75) is 58.8 Å². The number of rotatable bonds is 5. The van der Waals surface area contributed by atoms with E-state index < -0.39 is 0 Å². The average molecular weight is 301 g/mol.